The maximum absolute atomic E-state index is 12.0. The zero-order chi connectivity index (χ0) is 19.3. The molecule has 1 aromatic carbocycles. The van der Waals surface area contributed by atoms with Gasteiger partial charge in [-0.25, -0.2) is 4.68 Å². The van der Waals surface area contributed by atoms with Gasteiger partial charge in [0.15, 0.2) is 6.54 Å². The van der Waals surface area contributed by atoms with Crippen LogP contribution in [0.1, 0.15) is 17.0 Å². The Hall–Kier alpha value is -2.67. The molecule has 0 saturated heterocycles. The normalized spacial score (nSPS) is 11.9. The van der Waals surface area contributed by atoms with Gasteiger partial charge in [0.25, 0.3) is 5.91 Å². The molecule has 0 aliphatic carbocycles. The predicted molar refractivity (Wildman–Crippen MR) is 100 cm³/mol. The van der Waals surface area contributed by atoms with Crippen LogP contribution in [0, 0.1) is 13.8 Å². The fourth-order valence-electron chi connectivity index (χ4n) is 2.78. The summed E-state index contributed by atoms with van der Waals surface area (Å²) < 4.78 is 1.94. The zero-order valence-corrected chi connectivity index (χ0v) is 16.2. The highest BCUT2D eigenvalue weighted by atomic mass is 16.2. The number of aryl methyl sites for hydroxylation is 1. The molecule has 0 fully saturated rings. The average molecular weight is 358 g/mol. The van der Waals surface area contributed by atoms with Crippen molar-refractivity contribution >= 4 is 11.8 Å². The lowest BCUT2D eigenvalue weighted by Gasteiger charge is -2.15. The Morgan fingerprint density at radius 3 is 2.46 bits per heavy atom. The molecule has 26 heavy (non-hydrogen) atoms. The number of nitrogens with zero attached hydrogens (tertiary/aromatic N) is 3. The number of hydrogen-bond acceptors (Lipinski definition) is 3. The van der Waals surface area contributed by atoms with Crippen molar-refractivity contribution in [2.45, 2.75) is 20.4 Å². The molecule has 1 atom stereocenters. The second-order valence-electron chi connectivity index (χ2n) is 6.77. The van der Waals surface area contributed by atoms with Crippen LogP contribution >= 0.6 is 0 Å². The van der Waals surface area contributed by atoms with E-state index in [4.69, 9.17) is 0 Å². The van der Waals surface area contributed by atoms with E-state index in [1.165, 1.54) is 4.90 Å². The highest BCUT2D eigenvalue weighted by molar-refractivity contribution is 5.84. The average Bonchev–Trinajstić information content (AvgIpc) is 2.88. The van der Waals surface area contributed by atoms with Crippen LogP contribution in [0.4, 0.5) is 0 Å². The fraction of sp³-hybridized carbons (Fsp3) is 0.421. The van der Waals surface area contributed by atoms with Crippen molar-refractivity contribution in [3.63, 3.8) is 0 Å². The lowest BCUT2D eigenvalue weighted by atomic mass is 10.2. The third-order valence-electron chi connectivity index (χ3n) is 4.32. The third-order valence-corrected chi connectivity index (χ3v) is 4.32. The Bertz CT molecular complexity index is 768. The molecular formula is C19H28N5O2+. The fourth-order valence-corrected chi connectivity index (χ4v) is 2.78. The van der Waals surface area contributed by atoms with Crippen molar-refractivity contribution in [2.24, 2.45) is 0 Å². The molecule has 0 aliphatic heterocycles. The number of nitrogens with one attached hydrogen (secondary N) is 2. The number of quaternary nitrogens is 1. The number of carbonyl (C=O) groups excluding carboxylic acids is 2. The van der Waals surface area contributed by atoms with Gasteiger partial charge in [0, 0.05) is 14.1 Å². The Morgan fingerprint density at radius 2 is 1.85 bits per heavy atom. The first kappa shape index (κ1) is 19.7. The van der Waals surface area contributed by atoms with Crippen molar-refractivity contribution in [1.82, 2.24) is 20.0 Å². The van der Waals surface area contributed by atoms with Crippen LogP contribution in [0.25, 0.3) is 5.69 Å². The number of aromatic nitrogens is 2. The summed E-state index contributed by atoms with van der Waals surface area (Å²) in [4.78, 5) is 26.1. The van der Waals surface area contributed by atoms with E-state index in [9.17, 15) is 9.59 Å². The standard InChI is InChI=1S/C19H27N5O2/c1-14-17(15(2)24(21-14)16-9-7-6-8-10-16)12-23(5)13-18(25)20-11-19(26)22(3)4/h6-10H,11-13H2,1-5H3,(H,20,25)/p+1. The lowest BCUT2D eigenvalue weighted by molar-refractivity contribution is -0.885. The first-order chi connectivity index (χ1) is 12.3. The largest absolute Gasteiger partial charge is 0.347 e. The third kappa shape index (κ3) is 4.92. The van der Waals surface area contributed by atoms with Gasteiger partial charge in [0.05, 0.1) is 36.2 Å². The first-order valence-electron chi connectivity index (χ1n) is 8.68. The zero-order valence-electron chi connectivity index (χ0n) is 16.2. The predicted octanol–water partition coefficient (Wildman–Crippen LogP) is -0.292. The quantitative estimate of drug-likeness (QED) is 0.714. The molecule has 0 aliphatic rings. The molecule has 0 spiro atoms. The van der Waals surface area contributed by atoms with Crippen molar-refractivity contribution in [2.75, 3.05) is 34.2 Å². The van der Waals surface area contributed by atoms with E-state index >= 15 is 0 Å². The molecule has 0 saturated carbocycles. The summed E-state index contributed by atoms with van der Waals surface area (Å²) in [5.74, 6) is -0.254. The topological polar surface area (TPSA) is 71.7 Å². The van der Waals surface area contributed by atoms with Gasteiger partial charge in [0.1, 0.15) is 6.54 Å². The molecule has 7 heteroatoms. The van der Waals surface area contributed by atoms with Gasteiger partial charge in [0.2, 0.25) is 5.91 Å². The smallest absolute Gasteiger partial charge is 0.275 e. The number of rotatable bonds is 7. The molecular weight excluding hydrogens is 330 g/mol. The molecule has 2 amide bonds. The van der Waals surface area contributed by atoms with E-state index in [2.05, 4.69) is 10.4 Å². The van der Waals surface area contributed by atoms with E-state index < -0.39 is 0 Å². The Balaban J connectivity index is 1.99. The van der Waals surface area contributed by atoms with Crippen molar-refractivity contribution < 1.29 is 14.5 Å². The second-order valence-corrected chi connectivity index (χ2v) is 6.77. The van der Waals surface area contributed by atoms with Crippen LogP contribution in [-0.2, 0) is 16.1 Å². The second kappa shape index (κ2) is 8.62. The van der Waals surface area contributed by atoms with E-state index in [-0.39, 0.29) is 18.4 Å². The molecule has 1 unspecified atom stereocenters. The maximum Gasteiger partial charge on any atom is 0.275 e. The van der Waals surface area contributed by atoms with Crippen LogP contribution in [-0.4, -0.2) is 60.7 Å². The summed E-state index contributed by atoms with van der Waals surface area (Å²) in [6.45, 7) is 5.06. The molecule has 1 heterocycles. The van der Waals surface area contributed by atoms with Gasteiger partial charge in [-0.1, -0.05) is 18.2 Å². The van der Waals surface area contributed by atoms with Gasteiger partial charge >= 0.3 is 0 Å². The van der Waals surface area contributed by atoms with Crippen LogP contribution in [0.3, 0.4) is 0 Å². The maximum atomic E-state index is 12.0. The summed E-state index contributed by atoms with van der Waals surface area (Å²) in [6.07, 6.45) is 0. The minimum absolute atomic E-state index is 0.0309. The van der Waals surface area contributed by atoms with E-state index in [1.54, 1.807) is 14.1 Å². The number of hydrogen-bond donors (Lipinski definition) is 2. The minimum Gasteiger partial charge on any atom is -0.347 e. The van der Waals surface area contributed by atoms with Crippen molar-refractivity contribution in [3.05, 3.63) is 47.3 Å². The van der Waals surface area contributed by atoms with Crippen LogP contribution in [0.5, 0.6) is 0 Å². The lowest BCUT2D eigenvalue weighted by Crippen LogP contribution is -3.09. The molecule has 2 aromatic rings. The number of carbonyl (C=O) groups is 2. The van der Waals surface area contributed by atoms with Crippen LogP contribution in [0.2, 0.25) is 0 Å². The van der Waals surface area contributed by atoms with E-state index in [1.807, 2.05) is 55.9 Å². The molecule has 2 N–H and O–H groups in total. The number of para-hydroxylation sites is 1. The SMILES string of the molecule is Cc1nn(-c2ccccc2)c(C)c1C[NH+](C)CC(=O)NCC(=O)N(C)C. The highest BCUT2D eigenvalue weighted by Crippen LogP contribution is 2.16. The van der Waals surface area contributed by atoms with Gasteiger partial charge in [-0.3, -0.25) is 9.59 Å². The molecule has 0 bridgehead atoms. The first-order valence-corrected chi connectivity index (χ1v) is 8.68. The highest BCUT2D eigenvalue weighted by Gasteiger charge is 2.18. The van der Waals surface area contributed by atoms with Gasteiger partial charge in [-0.2, -0.15) is 5.10 Å². The monoisotopic (exact) mass is 358 g/mol. The minimum atomic E-state index is -0.136. The molecule has 0 radical (unpaired) electrons. The van der Waals surface area contributed by atoms with Gasteiger partial charge in [-0.05, 0) is 26.0 Å². The van der Waals surface area contributed by atoms with Crippen molar-refractivity contribution in [1.29, 1.82) is 0 Å². The Morgan fingerprint density at radius 1 is 1.19 bits per heavy atom. The van der Waals surface area contributed by atoms with Gasteiger partial charge in [-0.15, -0.1) is 0 Å². The summed E-state index contributed by atoms with van der Waals surface area (Å²) in [5.41, 5.74) is 4.21. The Labute approximate surface area is 154 Å². The summed E-state index contributed by atoms with van der Waals surface area (Å²) >= 11 is 0. The van der Waals surface area contributed by atoms with E-state index in [0.29, 0.717) is 13.1 Å². The van der Waals surface area contributed by atoms with Crippen LogP contribution < -0.4 is 10.2 Å². The number of benzene rings is 1. The van der Waals surface area contributed by atoms with Crippen LogP contribution in [0.15, 0.2) is 30.3 Å². The van der Waals surface area contributed by atoms with Crippen molar-refractivity contribution in [3.8, 4) is 5.69 Å². The number of likely N-dealkylation sites (N-methyl/N-ethyl adjacent to an activating group) is 2. The summed E-state index contributed by atoms with van der Waals surface area (Å²) in [6, 6.07) is 10.0. The molecule has 140 valence electrons. The number of amides is 2. The summed E-state index contributed by atoms with van der Waals surface area (Å²) in [5, 5.41) is 7.31. The van der Waals surface area contributed by atoms with Gasteiger partial charge < -0.3 is 15.1 Å². The molecule has 2 rings (SSSR count). The summed E-state index contributed by atoms with van der Waals surface area (Å²) in [7, 11) is 5.30. The van der Waals surface area contributed by atoms with E-state index in [0.717, 1.165) is 27.5 Å². The Kier molecular flexibility index (Phi) is 6.52. The molecule has 1 aromatic heterocycles. The molecule has 7 nitrogen and oxygen atoms in total.